The number of amides is 1. The highest BCUT2D eigenvalue weighted by molar-refractivity contribution is 5.99. The molecule has 0 atom stereocenters. The van der Waals surface area contributed by atoms with Crippen LogP contribution in [0.3, 0.4) is 0 Å². The van der Waals surface area contributed by atoms with Gasteiger partial charge in [0.25, 0.3) is 5.91 Å². The van der Waals surface area contributed by atoms with Crippen molar-refractivity contribution >= 4 is 11.6 Å². The van der Waals surface area contributed by atoms with Crippen molar-refractivity contribution in [2.75, 3.05) is 5.73 Å². The Bertz CT molecular complexity index is 397. The Morgan fingerprint density at radius 3 is 2.56 bits per heavy atom. The van der Waals surface area contributed by atoms with Crippen LogP contribution in [-0.2, 0) is 0 Å². The van der Waals surface area contributed by atoms with E-state index in [4.69, 9.17) is 5.73 Å². The number of rotatable bonds is 3. The maximum atomic E-state index is 12.0. The first kappa shape index (κ1) is 12.6. The average molecular weight is 220 g/mol. The van der Waals surface area contributed by atoms with Crippen LogP contribution in [0, 0.1) is 6.92 Å². The molecule has 0 aliphatic rings. The van der Waals surface area contributed by atoms with E-state index in [0.29, 0.717) is 11.3 Å². The number of nitrogen functional groups attached to an aromatic ring is 1. The lowest BCUT2D eigenvalue weighted by Gasteiger charge is -2.24. The molecule has 1 aromatic carbocycles. The highest BCUT2D eigenvalue weighted by Gasteiger charge is 2.19. The van der Waals surface area contributed by atoms with Crippen LogP contribution in [0.5, 0.6) is 0 Å². The third-order valence-electron chi connectivity index (χ3n) is 2.79. The zero-order chi connectivity index (χ0) is 12.3. The Morgan fingerprint density at radius 2 is 2.06 bits per heavy atom. The van der Waals surface area contributed by atoms with Crippen molar-refractivity contribution in [1.82, 2.24) is 5.32 Å². The van der Waals surface area contributed by atoms with E-state index in [-0.39, 0.29) is 11.4 Å². The van der Waals surface area contributed by atoms with E-state index < -0.39 is 0 Å². The van der Waals surface area contributed by atoms with E-state index in [9.17, 15) is 4.79 Å². The number of hydrogen-bond donors (Lipinski definition) is 2. The van der Waals surface area contributed by atoms with Crippen LogP contribution >= 0.6 is 0 Å². The van der Waals surface area contributed by atoms with Gasteiger partial charge in [-0.05, 0) is 44.9 Å². The van der Waals surface area contributed by atoms with Crippen LogP contribution in [0.2, 0.25) is 0 Å². The van der Waals surface area contributed by atoms with Gasteiger partial charge in [0.2, 0.25) is 0 Å². The second-order valence-electron chi connectivity index (χ2n) is 4.78. The van der Waals surface area contributed by atoms with Crippen LogP contribution in [0.25, 0.3) is 0 Å². The summed E-state index contributed by atoms with van der Waals surface area (Å²) < 4.78 is 0. The summed E-state index contributed by atoms with van der Waals surface area (Å²) in [5.74, 6) is -0.107. The topological polar surface area (TPSA) is 55.1 Å². The molecule has 3 N–H and O–H groups in total. The van der Waals surface area contributed by atoms with Crippen molar-refractivity contribution in [3.8, 4) is 0 Å². The van der Waals surface area contributed by atoms with Crippen LogP contribution in [0.1, 0.15) is 43.1 Å². The first-order valence-electron chi connectivity index (χ1n) is 5.54. The molecule has 0 aliphatic heterocycles. The van der Waals surface area contributed by atoms with Crippen molar-refractivity contribution in [3.63, 3.8) is 0 Å². The summed E-state index contributed by atoms with van der Waals surface area (Å²) in [5, 5.41) is 2.96. The monoisotopic (exact) mass is 220 g/mol. The average Bonchev–Trinajstić information content (AvgIpc) is 2.16. The molecule has 0 radical (unpaired) electrons. The fourth-order valence-corrected chi connectivity index (χ4v) is 1.35. The number of nitrogens with one attached hydrogen (secondary N) is 1. The molecule has 0 saturated carbocycles. The third-order valence-corrected chi connectivity index (χ3v) is 2.79. The largest absolute Gasteiger partial charge is 0.398 e. The van der Waals surface area contributed by atoms with E-state index >= 15 is 0 Å². The minimum atomic E-state index is -0.200. The van der Waals surface area contributed by atoms with Crippen molar-refractivity contribution in [3.05, 3.63) is 29.3 Å². The zero-order valence-electron chi connectivity index (χ0n) is 10.4. The molecule has 3 heteroatoms. The molecular formula is C13H20N2O. The molecule has 1 amide bonds. The van der Waals surface area contributed by atoms with Crippen molar-refractivity contribution in [1.29, 1.82) is 0 Å². The minimum absolute atomic E-state index is 0.107. The molecular weight excluding hydrogens is 200 g/mol. The van der Waals surface area contributed by atoms with Gasteiger partial charge in [-0.1, -0.05) is 13.0 Å². The van der Waals surface area contributed by atoms with E-state index in [2.05, 4.69) is 5.32 Å². The maximum Gasteiger partial charge on any atom is 0.253 e. The summed E-state index contributed by atoms with van der Waals surface area (Å²) in [6.07, 6.45) is 0.879. The van der Waals surface area contributed by atoms with Gasteiger partial charge in [0.05, 0.1) is 5.56 Å². The normalized spacial score (nSPS) is 11.2. The molecule has 0 aliphatic carbocycles. The summed E-state index contributed by atoms with van der Waals surface area (Å²) in [6.45, 7) is 7.98. The van der Waals surface area contributed by atoms with E-state index in [1.54, 1.807) is 6.07 Å². The Morgan fingerprint density at radius 1 is 1.44 bits per heavy atom. The van der Waals surface area contributed by atoms with Crippen LogP contribution < -0.4 is 11.1 Å². The van der Waals surface area contributed by atoms with Gasteiger partial charge in [0, 0.05) is 11.2 Å². The maximum absolute atomic E-state index is 12.0. The zero-order valence-corrected chi connectivity index (χ0v) is 10.4. The quantitative estimate of drug-likeness (QED) is 0.769. The number of carbonyl (C=O) groups excluding carboxylic acids is 1. The van der Waals surface area contributed by atoms with Crippen molar-refractivity contribution < 1.29 is 4.79 Å². The predicted molar refractivity (Wildman–Crippen MR) is 67.4 cm³/mol. The summed E-state index contributed by atoms with van der Waals surface area (Å²) >= 11 is 0. The molecule has 0 unspecified atom stereocenters. The fourth-order valence-electron chi connectivity index (χ4n) is 1.35. The van der Waals surface area contributed by atoms with Gasteiger partial charge < -0.3 is 11.1 Å². The Kier molecular flexibility index (Phi) is 3.58. The van der Waals surface area contributed by atoms with Crippen LogP contribution in [0.15, 0.2) is 18.2 Å². The number of hydrogen-bond acceptors (Lipinski definition) is 2. The summed E-state index contributed by atoms with van der Waals surface area (Å²) in [7, 11) is 0. The molecule has 88 valence electrons. The molecule has 16 heavy (non-hydrogen) atoms. The second kappa shape index (κ2) is 4.56. The third kappa shape index (κ3) is 2.99. The van der Waals surface area contributed by atoms with Crippen molar-refractivity contribution in [2.45, 2.75) is 39.7 Å². The highest BCUT2D eigenvalue weighted by atomic mass is 16.1. The lowest BCUT2D eigenvalue weighted by molar-refractivity contribution is 0.0912. The Hall–Kier alpha value is -1.51. The number of anilines is 1. The van der Waals surface area contributed by atoms with Gasteiger partial charge in [0.15, 0.2) is 0 Å². The summed E-state index contributed by atoms with van der Waals surface area (Å²) in [6, 6.07) is 5.48. The molecule has 3 nitrogen and oxygen atoms in total. The van der Waals surface area contributed by atoms with Gasteiger partial charge in [-0.2, -0.15) is 0 Å². The van der Waals surface area contributed by atoms with E-state index in [1.165, 1.54) is 0 Å². The van der Waals surface area contributed by atoms with Crippen molar-refractivity contribution in [2.24, 2.45) is 0 Å². The summed E-state index contributed by atoms with van der Waals surface area (Å²) in [4.78, 5) is 12.0. The standard InChI is InChI=1S/C13H20N2O/c1-5-13(3,4)15-12(16)10-7-6-9(2)8-11(10)14/h6-8H,5,14H2,1-4H3,(H,15,16). The Labute approximate surface area is 97.0 Å². The minimum Gasteiger partial charge on any atom is -0.398 e. The molecule has 0 saturated heterocycles. The van der Waals surface area contributed by atoms with Gasteiger partial charge in [-0.15, -0.1) is 0 Å². The molecule has 0 aromatic heterocycles. The summed E-state index contributed by atoms with van der Waals surface area (Å²) in [5.41, 5.74) is 7.76. The van der Waals surface area contributed by atoms with Crippen LogP contribution in [-0.4, -0.2) is 11.4 Å². The lowest BCUT2D eigenvalue weighted by atomic mass is 10.0. The Balaban J connectivity index is 2.89. The smallest absolute Gasteiger partial charge is 0.253 e. The molecule has 1 aromatic rings. The molecule has 1 rings (SSSR count). The second-order valence-corrected chi connectivity index (χ2v) is 4.78. The molecule has 0 heterocycles. The number of nitrogens with two attached hydrogens (primary N) is 1. The first-order chi connectivity index (χ1) is 7.35. The predicted octanol–water partition coefficient (Wildman–Crippen LogP) is 2.50. The molecule has 0 spiro atoms. The molecule has 0 fully saturated rings. The first-order valence-corrected chi connectivity index (χ1v) is 5.54. The van der Waals surface area contributed by atoms with E-state index in [1.807, 2.05) is 39.8 Å². The highest BCUT2D eigenvalue weighted by Crippen LogP contribution is 2.16. The van der Waals surface area contributed by atoms with Gasteiger partial charge >= 0.3 is 0 Å². The number of aryl methyl sites for hydroxylation is 1. The lowest BCUT2D eigenvalue weighted by Crippen LogP contribution is -2.43. The number of benzene rings is 1. The SMILES string of the molecule is CCC(C)(C)NC(=O)c1ccc(C)cc1N. The number of carbonyl (C=O) groups is 1. The van der Waals surface area contributed by atoms with Gasteiger partial charge in [-0.25, -0.2) is 0 Å². The molecule has 0 bridgehead atoms. The van der Waals surface area contributed by atoms with Gasteiger partial charge in [-0.3, -0.25) is 4.79 Å². The van der Waals surface area contributed by atoms with Crippen LogP contribution in [0.4, 0.5) is 5.69 Å². The fraction of sp³-hybridized carbons (Fsp3) is 0.462. The van der Waals surface area contributed by atoms with Gasteiger partial charge in [0.1, 0.15) is 0 Å². The van der Waals surface area contributed by atoms with E-state index in [0.717, 1.165) is 12.0 Å².